The first-order valence-corrected chi connectivity index (χ1v) is 13.0. The molecule has 178 valence electrons. The van der Waals surface area contributed by atoms with Crippen molar-refractivity contribution in [1.29, 1.82) is 0 Å². The Morgan fingerprint density at radius 2 is 1.61 bits per heavy atom. The van der Waals surface area contributed by atoms with Crippen LogP contribution < -0.4 is 4.90 Å². The van der Waals surface area contributed by atoms with E-state index in [1.54, 1.807) is 71.6 Å². The van der Waals surface area contributed by atoms with Crippen molar-refractivity contribution in [3.8, 4) is 10.4 Å². The largest absolute Gasteiger partial charge is 0.478 e. The molecule has 1 saturated heterocycles. The predicted molar refractivity (Wildman–Crippen MR) is 150 cm³/mol. The highest BCUT2D eigenvalue weighted by Gasteiger charge is 2.35. The number of amidine groups is 1. The molecule has 0 radical (unpaired) electrons. The van der Waals surface area contributed by atoms with E-state index in [4.69, 9.17) is 28.2 Å². The Hall–Kier alpha value is -3.36. The van der Waals surface area contributed by atoms with Crippen LogP contribution in [-0.4, -0.2) is 22.2 Å². The number of thiophene rings is 1. The second kappa shape index (κ2) is 10.3. The lowest BCUT2D eigenvalue weighted by molar-refractivity contribution is -0.113. The second-order valence-electron chi connectivity index (χ2n) is 7.69. The van der Waals surface area contributed by atoms with Crippen LogP contribution in [0.5, 0.6) is 0 Å². The van der Waals surface area contributed by atoms with E-state index in [2.05, 4.69) is 0 Å². The lowest BCUT2D eigenvalue weighted by atomic mass is 10.1. The van der Waals surface area contributed by atoms with Gasteiger partial charge in [0.25, 0.3) is 5.91 Å². The molecule has 4 aromatic rings. The number of anilines is 1. The minimum atomic E-state index is -0.974. The lowest BCUT2D eigenvalue weighted by Crippen LogP contribution is -2.28. The molecular formula is C27H16Cl2N2O3S2. The Kier molecular flexibility index (Phi) is 6.98. The maximum absolute atomic E-state index is 13.5. The van der Waals surface area contributed by atoms with Gasteiger partial charge in [0.15, 0.2) is 5.17 Å². The number of carbonyl (C=O) groups excluding carboxylic acids is 1. The van der Waals surface area contributed by atoms with Gasteiger partial charge in [0.1, 0.15) is 0 Å². The number of benzene rings is 3. The Labute approximate surface area is 225 Å². The number of hydrogen-bond acceptors (Lipinski definition) is 5. The third-order valence-corrected chi connectivity index (χ3v) is 7.79. The van der Waals surface area contributed by atoms with Gasteiger partial charge in [0, 0.05) is 19.8 Å². The summed E-state index contributed by atoms with van der Waals surface area (Å²) in [4.78, 5) is 33.4. The highest BCUT2D eigenvalue weighted by molar-refractivity contribution is 8.19. The summed E-state index contributed by atoms with van der Waals surface area (Å²) < 4.78 is 0. The number of carboxylic acid groups (broad SMARTS) is 1. The van der Waals surface area contributed by atoms with E-state index in [-0.39, 0.29) is 11.5 Å². The molecule has 36 heavy (non-hydrogen) atoms. The smallest absolute Gasteiger partial charge is 0.335 e. The minimum absolute atomic E-state index is 0.196. The second-order valence-corrected chi connectivity index (χ2v) is 10.7. The number of aromatic carboxylic acids is 1. The zero-order valence-electron chi connectivity index (χ0n) is 18.4. The van der Waals surface area contributed by atoms with Gasteiger partial charge in [-0.1, -0.05) is 35.3 Å². The quantitative estimate of drug-likeness (QED) is 0.254. The minimum Gasteiger partial charge on any atom is -0.478 e. The van der Waals surface area contributed by atoms with Gasteiger partial charge in [0.05, 0.1) is 21.8 Å². The van der Waals surface area contributed by atoms with E-state index >= 15 is 0 Å². The molecular weight excluding hydrogens is 535 g/mol. The van der Waals surface area contributed by atoms with Crippen LogP contribution in [-0.2, 0) is 4.79 Å². The standard InChI is InChI=1S/C27H16Cl2N2O3S2/c28-18-4-8-20(9-5-18)30-27-31(21-10-6-19(29)7-11-21)25(32)24(36-27)15-22-12-13-23(35-22)16-2-1-3-17(14-16)26(33)34/h1-15H,(H,33,34)/b24-15-,30-27?. The molecule has 1 fully saturated rings. The number of amides is 1. The summed E-state index contributed by atoms with van der Waals surface area (Å²) in [6.45, 7) is 0. The van der Waals surface area contributed by atoms with Gasteiger partial charge in [-0.3, -0.25) is 9.69 Å². The van der Waals surface area contributed by atoms with Crippen molar-refractivity contribution in [3.05, 3.63) is 110 Å². The molecule has 1 N–H and O–H groups in total. The molecule has 0 saturated carbocycles. The predicted octanol–water partition coefficient (Wildman–Crippen LogP) is 8.23. The molecule has 1 aromatic heterocycles. The number of hydrogen-bond donors (Lipinski definition) is 1. The van der Waals surface area contributed by atoms with Crippen molar-refractivity contribution in [3.63, 3.8) is 0 Å². The van der Waals surface area contributed by atoms with Gasteiger partial charge >= 0.3 is 5.97 Å². The Morgan fingerprint density at radius 3 is 2.31 bits per heavy atom. The molecule has 9 heteroatoms. The summed E-state index contributed by atoms with van der Waals surface area (Å²) in [7, 11) is 0. The van der Waals surface area contributed by atoms with Crippen molar-refractivity contribution in [2.75, 3.05) is 4.90 Å². The van der Waals surface area contributed by atoms with E-state index in [9.17, 15) is 14.7 Å². The van der Waals surface area contributed by atoms with Gasteiger partial charge in [0.2, 0.25) is 0 Å². The lowest BCUT2D eigenvalue weighted by Gasteiger charge is -2.15. The molecule has 1 aliphatic heterocycles. The maximum atomic E-state index is 13.5. The highest BCUT2D eigenvalue weighted by atomic mass is 35.5. The fourth-order valence-corrected chi connectivity index (χ4v) is 5.78. The first kappa shape index (κ1) is 24.3. The first-order chi connectivity index (χ1) is 17.4. The third kappa shape index (κ3) is 5.24. The summed E-state index contributed by atoms with van der Waals surface area (Å²) in [6.07, 6.45) is 1.83. The van der Waals surface area contributed by atoms with Crippen LogP contribution in [0.4, 0.5) is 11.4 Å². The van der Waals surface area contributed by atoms with Crippen molar-refractivity contribution >= 4 is 80.8 Å². The molecule has 3 aromatic carbocycles. The van der Waals surface area contributed by atoms with Crippen molar-refractivity contribution in [1.82, 2.24) is 0 Å². The van der Waals surface area contributed by atoms with E-state index in [0.717, 1.165) is 15.3 Å². The molecule has 5 rings (SSSR count). The summed E-state index contributed by atoms with van der Waals surface area (Å²) in [5.41, 5.74) is 2.36. The number of nitrogens with zero attached hydrogens (tertiary/aromatic N) is 2. The van der Waals surface area contributed by atoms with Gasteiger partial charge < -0.3 is 5.11 Å². The monoisotopic (exact) mass is 550 g/mol. The highest BCUT2D eigenvalue weighted by Crippen LogP contribution is 2.39. The molecule has 0 bridgehead atoms. The number of rotatable bonds is 5. The zero-order valence-corrected chi connectivity index (χ0v) is 21.5. The topological polar surface area (TPSA) is 70.0 Å². The molecule has 0 aliphatic carbocycles. The first-order valence-electron chi connectivity index (χ1n) is 10.6. The fourth-order valence-electron chi connectivity index (χ4n) is 3.51. The Morgan fingerprint density at radius 1 is 0.917 bits per heavy atom. The summed E-state index contributed by atoms with van der Waals surface area (Å²) in [5.74, 6) is -1.17. The zero-order chi connectivity index (χ0) is 25.2. The van der Waals surface area contributed by atoms with Crippen LogP contribution in [0.15, 0.2) is 94.8 Å². The Balaban J connectivity index is 1.50. The summed E-state index contributed by atoms with van der Waals surface area (Å²) in [5, 5.41) is 11.0. The normalized spacial score (nSPS) is 15.7. The molecule has 0 spiro atoms. The average molecular weight is 551 g/mol. The van der Waals surface area contributed by atoms with Gasteiger partial charge in [-0.2, -0.15) is 0 Å². The molecule has 0 atom stereocenters. The summed E-state index contributed by atoms with van der Waals surface area (Å²) in [6, 6.07) is 24.7. The van der Waals surface area contributed by atoms with Gasteiger partial charge in [-0.05, 0) is 96.2 Å². The molecule has 1 aliphatic rings. The van der Waals surface area contributed by atoms with Crippen LogP contribution in [0, 0.1) is 0 Å². The van der Waals surface area contributed by atoms with Gasteiger partial charge in [-0.25, -0.2) is 9.79 Å². The Bertz CT molecular complexity index is 1530. The van der Waals surface area contributed by atoms with Crippen LogP contribution in [0.2, 0.25) is 10.0 Å². The van der Waals surface area contributed by atoms with Crippen LogP contribution in [0.3, 0.4) is 0 Å². The van der Waals surface area contributed by atoms with Gasteiger partial charge in [-0.15, -0.1) is 11.3 Å². The van der Waals surface area contributed by atoms with E-state index in [1.165, 1.54) is 23.1 Å². The molecule has 0 unspecified atom stereocenters. The third-order valence-electron chi connectivity index (χ3n) is 5.24. The molecule has 1 amide bonds. The van der Waals surface area contributed by atoms with Crippen molar-refractivity contribution in [2.24, 2.45) is 4.99 Å². The van der Waals surface area contributed by atoms with Crippen LogP contribution in [0.25, 0.3) is 16.5 Å². The fraction of sp³-hybridized carbons (Fsp3) is 0. The van der Waals surface area contributed by atoms with E-state index in [0.29, 0.717) is 31.5 Å². The maximum Gasteiger partial charge on any atom is 0.335 e. The number of thioether (sulfide) groups is 1. The van der Waals surface area contributed by atoms with Crippen molar-refractivity contribution in [2.45, 2.75) is 0 Å². The number of aliphatic imine (C=N–C) groups is 1. The number of carboxylic acids is 1. The number of halogens is 2. The van der Waals surface area contributed by atoms with E-state index in [1.807, 2.05) is 24.3 Å². The number of carbonyl (C=O) groups is 2. The van der Waals surface area contributed by atoms with Crippen molar-refractivity contribution < 1.29 is 14.7 Å². The summed E-state index contributed by atoms with van der Waals surface area (Å²) >= 11 is 14.8. The molecule has 2 heterocycles. The molecule has 5 nitrogen and oxygen atoms in total. The van der Waals surface area contributed by atoms with Crippen LogP contribution >= 0.6 is 46.3 Å². The SMILES string of the molecule is O=C(O)c1cccc(-c2ccc(/C=C3\SC(=Nc4ccc(Cl)cc4)N(c4ccc(Cl)cc4)C3=O)s2)c1. The van der Waals surface area contributed by atoms with E-state index < -0.39 is 5.97 Å². The average Bonchev–Trinajstić information content (AvgIpc) is 3.46. The van der Waals surface area contributed by atoms with Crippen LogP contribution in [0.1, 0.15) is 15.2 Å².